The summed E-state index contributed by atoms with van der Waals surface area (Å²) in [5.74, 6) is 0.0388. The van der Waals surface area contributed by atoms with Gasteiger partial charge in [-0.3, -0.25) is 9.89 Å². The zero-order valence-corrected chi connectivity index (χ0v) is 10.2. The maximum absolute atomic E-state index is 12.4. The van der Waals surface area contributed by atoms with E-state index in [0.717, 1.165) is 0 Å². The van der Waals surface area contributed by atoms with E-state index in [-0.39, 0.29) is 17.8 Å². The summed E-state index contributed by atoms with van der Waals surface area (Å²) < 4.78 is 0. The molecular weight excluding hydrogens is 232 g/mol. The van der Waals surface area contributed by atoms with Gasteiger partial charge in [0.25, 0.3) is 5.91 Å². The molecule has 2 aromatic rings. The molecule has 0 aliphatic rings. The topological polar surface area (TPSA) is 101 Å². The lowest BCUT2D eigenvalue weighted by Crippen LogP contribution is -2.37. The number of hydrogen-bond donors (Lipinski definition) is 2. The van der Waals surface area contributed by atoms with Gasteiger partial charge in [-0.25, -0.2) is 0 Å². The zero-order valence-electron chi connectivity index (χ0n) is 10.2. The third-order valence-corrected chi connectivity index (χ3v) is 2.48. The fourth-order valence-corrected chi connectivity index (χ4v) is 1.67. The van der Waals surface area contributed by atoms with Crippen molar-refractivity contribution < 1.29 is 4.79 Å². The standard InChI is InChI=1S/C11H14N6O/c1-7(2)17(8-3-4-13-14-5-8)11(18)9-6-15-16-10(9)12/h3-7H,1-2H3,(H3,12,15,16). The van der Waals surface area contributed by atoms with Crippen LogP contribution in [-0.4, -0.2) is 32.3 Å². The fourth-order valence-electron chi connectivity index (χ4n) is 1.67. The van der Waals surface area contributed by atoms with Gasteiger partial charge < -0.3 is 10.6 Å². The molecule has 0 unspecified atom stereocenters. The number of nitrogens with one attached hydrogen (secondary N) is 1. The summed E-state index contributed by atoms with van der Waals surface area (Å²) in [6.45, 7) is 3.82. The number of anilines is 2. The van der Waals surface area contributed by atoms with Crippen molar-refractivity contribution in [3.63, 3.8) is 0 Å². The molecule has 0 saturated carbocycles. The van der Waals surface area contributed by atoms with Crippen LogP contribution in [0.2, 0.25) is 0 Å². The van der Waals surface area contributed by atoms with Crippen LogP contribution in [0.15, 0.2) is 24.7 Å². The Kier molecular flexibility index (Phi) is 3.22. The Morgan fingerprint density at radius 3 is 2.67 bits per heavy atom. The lowest BCUT2D eigenvalue weighted by molar-refractivity contribution is 0.0981. The van der Waals surface area contributed by atoms with E-state index < -0.39 is 0 Å². The number of rotatable bonds is 3. The highest BCUT2D eigenvalue weighted by Crippen LogP contribution is 2.20. The fraction of sp³-hybridized carbons (Fsp3) is 0.273. The van der Waals surface area contributed by atoms with Crippen LogP contribution in [0.25, 0.3) is 0 Å². The van der Waals surface area contributed by atoms with E-state index in [0.29, 0.717) is 11.3 Å². The van der Waals surface area contributed by atoms with Gasteiger partial charge in [0.05, 0.1) is 24.3 Å². The largest absolute Gasteiger partial charge is 0.383 e. The second-order valence-electron chi connectivity index (χ2n) is 4.07. The number of H-pyrrole nitrogens is 1. The average molecular weight is 246 g/mol. The van der Waals surface area contributed by atoms with Gasteiger partial charge in [0.1, 0.15) is 11.4 Å². The molecule has 0 fully saturated rings. The first-order chi connectivity index (χ1) is 8.61. The molecule has 18 heavy (non-hydrogen) atoms. The molecule has 2 heterocycles. The van der Waals surface area contributed by atoms with E-state index in [1.165, 1.54) is 18.6 Å². The molecule has 1 amide bonds. The minimum Gasteiger partial charge on any atom is -0.383 e. The van der Waals surface area contributed by atoms with Crippen LogP contribution in [-0.2, 0) is 0 Å². The number of aromatic nitrogens is 4. The predicted octanol–water partition coefficient (Wildman–Crippen LogP) is 0.837. The summed E-state index contributed by atoms with van der Waals surface area (Å²) in [5.41, 5.74) is 6.68. The molecule has 0 bridgehead atoms. The Morgan fingerprint density at radius 1 is 1.39 bits per heavy atom. The van der Waals surface area contributed by atoms with Crippen molar-refractivity contribution in [3.8, 4) is 0 Å². The number of aromatic amines is 1. The van der Waals surface area contributed by atoms with Gasteiger partial charge in [-0.2, -0.15) is 15.3 Å². The second kappa shape index (κ2) is 4.82. The van der Waals surface area contributed by atoms with Crippen LogP contribution < -0.4 is 10.6 Å². The van der Waals surface area contributed by atoms with E-state index in [1.807, 2.05) is 13.8 Å². The van der Waals surface area contributed by atoms with Gasteiger partial charge in [0, 0.05) is 6.04 Å². The summed E-state index contributed by atoms with van der Waals surface area (Å²) in [6, 6.07) is 1.69. The average Bonchev–Trinajstić information content (AvgIpc) is 2.76. The van der Waals surface area contributed by atoms with Crippen molar-refractivity contribution >= 4 is 17.4 Å². The van der Waals surface area contributed by atoms with E-state index in [9.17, 15) is 4.79 Å². The van der Waals surface area contributed by atoms with Crippen LogP contribution in [0.4, 0.5) is 11.5 Å². The second-order valence-corrected chi connectivity index (χ2v) is 4.07. The maximum Gasteiger partial charge on any atom is 0.263 e. The summed E-state index contributed by atoms with van der Waals surface area (Å²) in [4.78, 5) is 14.0. The number of hydrogen-bond acceptors (Lipinski definition) is 5. The zero-order chi connectivity index (χ0) is 13.1. The smallest absolute Gasteiger partial charge is 0.263 e. The summed E-state index contributed by atoms with van der Waals surface area (Å²) >= 11 is 0. The third kappa shape index (κ3) is 2.15. The summed E-state index contributed by atoms with van der Waals surface area (Å²) in [7, 11) is 0. The number of nitrogens with zero attached hydrogens (tertiary/aromatic N) is 4. The van der Waals surface area contributed by atoms with Gasteiger partial charge in [0.15, 0.2) is 0 Å². The highest BCUT2D eigenvalue weighted by atomic mass is 16.2. The Hall–Kier alpha value is -2.44. The number of carbonyl (C=O) groups is 1. The quantitative estimate of drug-likeness (QED) is 0.835. The van der Waals surface area contributed by atoms with E-state index in [2.05, 4.69) is 20.4 Å². The first-order valence-corrected chi connectivity index (χ1v) is 5.50. The van der Waals surface area contributed by atoms with Crippen molar-refractivity contribution in [3.05, 3.63) is 30.2 Å². The number of carbonyl (C=O) groups excluding carboxylic acids is 1. The van der Waals surface area contributed by atoms with Crippen molar-refractivity contribution in [2.75, 3.05) is 10.6 Å². The van der Waals surface area contributed by atoms with Crippen LogP contribution in [0.5, 0.6) is 0 Å². The lowest BCUT2D eigenvalue weighted by Gasteiger charge is -2.25. The SMILES string of the molecule is CC(C)N(C(=O)c1cn[nH]c1N)c1ccnnc1. The van der Waals surface area contributed by atoms with E-state index >= 15 is 0 Å². The molecule has 0 aromatic carbocycles. The molecule has 7 heteroatoms. The molecule has 2 aromatic heterocycles. The lowest BCUT2D eigenvalue weighted by atomic mass is 10.2. The van der Waals surface area contributed by atoms with Crippen LogP contribution >= 0.6 is 0 Å². The molecule has 0 atom stereocenters. The highest BCUT2D eigenvalue weighted by Gasteiger charge is 2.23. The first kappa shape index (κ1) is 12.0. The van der Waals surface area contributed by atoms with Crippen LogP contribution in [0.1, 0.15) is 24.2 Å². The molecule has 7 nitrogen and oxygen atoms in total. The van der Waals surface area contributed by atoms with Crippen LogP contribution in [0, 0.1) is 0 Å². The molecule has 0 saturated heterocycles. The molecule has 3 N–H and O–H groups in total. The van der Waals surface area contributed by atoms with Crippen molar-refractivity contribution in [1.29, 1.82) is 0 Å². The van der Waals surface area contributed by atoms with Gasteiger partial charge >= 0.3 is 0 Å². The minimum absolute atomic E-state index is 0.0315. The maximum atomic E-state index is 12.4. The minimum atomic E-state index is -0.218. The van der Waals surface area contributed by atoms with Gasteiger partial charge in [-0.15, -0.1) is 0 Å². The third-order valence-electron chi connectivity index (χ3n) is 2.48. The van der Waals surface area contributed by atoms with Gasteiger partial charge in [-0.1, -0.05) is 0 Å². The highest BCUT2D eigenvalue weighted by molar-refractivity contribution is 6.08. The molecule has 2 rings (SSSR count). The molecular formula is C11H14N6O. The van der Waals surface area contributed by atoms with Crippen molar-refractivity contribution in [1.82, 2.24) is 20.4 Å². The number of nitrogens with two attached hydrogens (primary N) is 1. The number of amides is 1. The number of nitrogen functional groups attached to an aromatic ring is 1. The Morgan fingerprint density at radius 2 is 2.17 bits per heavy atom. The normalized spacial score (nSPS) is 10.6. The summed E-state index contributed by atoms with van der Waals surface area (Å²) in [6.07, 6.45) is 4.49. The monoisotopic (exact) mass is 246 g/mol. The predicted molar refractivity (Wildman–Crippen MR) is 67.0 cm³/mol. The van der Waals surface area contributed by atoms with Crippen molar-refractivity contribution in [2.45, 2.75) is 19.9 Å². The summed E-state index contributed by atoms with van der Waals surface area (Å²) in [5, 5.41) is 13.8. The molecule has 0 spiro atoms. The van der Waals surface area contributed by atoms with Crippen LogP contribution in [0.3, 0.4) is 0 Å². The van der Waals surface area contributed by atoms with Gasteiger partial charge in [0.2, 0.25) is 0 Å². The van der Waals surface area contributed by atoms with E-state index in [4.69, 9.17) is 5.73 Å². The van der Waals surface area contributed by atoms with E-state index in [1.54, 1.807) is 11.0 Å². The Bertz CT molecular complexity index is 535. The Labute approximate surface area is 104 Å². The molecule has 0 radical (unpaired) electrons. The molecule has 0 aliphatic carbocycles. The first-order valence-electron chi connectivity index (χ1n) is 5.50. The van der Waals surface area contributed by atoms with Crippen molar-refractivity contribution in [2.24, 2.45) is 0 Å². The molecule has 94 valence electrons. The Balaban J connectivity index is 2.38. The molecule has 0 aliphatic heterocycles. The van der Waals surface area contributed by atoms with Gasteiger partial charge in [-0.05, 0) is 19.9 Å².